The van der Waals surface area contributed by atoms with Gasteiger partial charge in [-0.3, -0.25) is 4.79 Å². The van der Waals surface area contributed by atoms with Gasteiger partial charge >= 0.3 is 5.97 Å². The van der Waals surface area contributed by atoms with Gasteiger partial charge in [0.2, 0.25) is 0 Å². The molecule has 1 heterocycles. The Morgan fingerprint density at radius 1 is 1.59 bits per heavy atom. The molecule has 1 aliphatic carbocycles. The highest BCUT2D eigenvalue weighted by molar-refractivity contribution is 5.75. The highest BCUT2D eigenvalue weighted by Gasteiger charge is 2.45. The van der Waals surface area contributed by atoms with Crippen LogP contribution in [0.3, 0.4) is 0 Å². The van der Waals surface area contributed by atoms with Gasteiger partial charge in [-0.1, -0.05) is 6.42 Å². The number of carbonyl (C=O) groups is 1. The van der Waals surface area contributed by atoms with E-state index in [9.17, 15) is 9.90 Å². The number of aliphatic carboxylic acids is 1. The van der Waals surface area contributed by atoms with Crippen molar-refractivity contribution in [2.24, 2.45) is 5.41 Å². The predicted octanol–water partition coefficient (Wildman–Crippen LogP) is 0.464. The summed E-state index contributed by atoms with van der Waals surface area (Å²) in [5, 5.41) is 20.5. The van der Waals surface area contributed by atoms with Gasteiger partial charge in [0.1, 0.15) is 6.61 Å². The van der Waals surface area contributed by atoms with Crippen LogP contribution in [0, 0.1) is 5.41 Å². The van der Waals surface area contributed by atoms with Crippen LogP contribution >= 0.6 is 0 Å². The lowest BCUT2D eigenvalue weighted by Crippen LogP contribution is -2.42. The summed E-state index contributed by atoms with van der Waals surface area (Å²) < 4.78 is 6.78. The zero-order chi connectivity index (χ0) is 12.3. The molecular weight excluding hydrogens is 224 g/mol. The summed E-state index contributed by atoms with van der Waals surface area (Å²) in [6.45, 7) is 3.12. The number of aromatic nitrogens is 4. The third kappa shape index (κ3) is 2.28. The first-order valence-electron chi connectivity index (χ1n) is 5.74. The number of nitrogens with zero attached hydrogens (tertiary/aromatic N) is 4. The van der Waals surface area contributed by atoms with E-state index in [1.54, 1.807) is 4.68 Å². The van der Waals surface area contributed by atoms with E-state index in [4.69, 9.17) is 4.74 Å². The van der Waals surface area contributed by atoms with Crippen LogP contribution in [0.5, 0.6) is 0 Å². The van der Waals surface area contributed by atoms with Gasteiger partial charge in [-0.25, -0.2) is 4.68 Å². The lowest BCUT2D eigenvalue weighted by Gasteiger charge is -2.37. The minimum atomic E-state index is -0.762. The number of carboxylic acid groups (broad SMARTS) is 1. The Hall–Kier alpha value is -1.50. The van der Waals surface area contributed by atoms with Gasteiger partial charge in [-0.05, 0) is 30.2 Å². The quantitative estimate of drug-likeness (QED) is 0.777. The van der Waals surface area contributed by atoms with E-state index in [0.717, 1.165) is 6.42 Å². The Balaban J connectivity index is 2.07. The van der Waals surface area contributed by atoms with Crippen molar-refractivity contribution in [3.05, 3.63) is 5.82 Å². The van der Waals surface area contributed by atoms with Gasteiger partial charge in [0, 0.05) is 6.61 Å². The van der Waals surface area contributed by atoms with Gasteiger partial charge in [0.15, 0.2) is 5.82 Å². The predicted molar refractivity (Wildman–Crippen MR) is 57.1 cm³/mol. The minimum Gasteiger partial charge on any atom is -0.481 e. The molecule has 0 aliphatic heterocycles. The third-order valence-corrected chi connectivity index (χ3v) is 3.26. The van der Waals surface area contributed by atoms with Crippen LogP contribution in [-0.4, -0.2) is 37.9 Å². The summed E-state index contributed by atoms with van der Waals surface area (Å²) in [6.07, 6.45) is 2.34. The van der Waals surface area contributed by atoms with Crippen LogP contribution < -0.4 is 0 Å². The van der Waals surface area contributed by atoms with E-state index >= 15 is 0 Å². The molecular formula is C10H16N4O3. The van der Waals surface area contributed by atoms with Crippen LogP contribution in [0.1, 0.15) is 32.0 Å². The molecule has 0 amide bonds. The summed E-state index contributed by atoms with van der Waals surface area (Å²) >= 11 is 0. The first kappa shape index (κ1) is 12.0. The smallest absolute Gasteiger partial charge is 0.311 e. The summed E-state index contributed by atoms with van der Waals surface area (Å²) in [7, 11) is 0. The molecule has 0 spiro atoms. The topological polar surface area (TPSA) is 90.1 Å². The van der Waals surface area contributed by atoms with E-state index in [0.29, 0.717) is 38.4 Å². The molecule has 0 bridgehead atoms. The average Bonchev–Trinajstić information content (AvgIpc) is 2.67. The van der Waals surface area contributed by atoms with Gasteiger partial charge in [-0.15, -0.1) is 5.10 Å². The van der Waals surface area contributed by atoms with Crippen molar-refractivity contribution >= 4 is 5.97 Å². The van der Waals surface area contributed by atoms with Gasteiger partial charge in [-0.2, -0.15) is 0 Å². The van der Waals surface area contributed by atoms with E-state index in [1.807, 2.05) is 6.92 Å². The Morgan fingerprint density at radius 3 is 2.88 bits per heavy atom. The van der Waals surface area contributed by atoms with Crippen molar-refractivity contribution in [1.29, 1.82) is 0 Å². The first-order chi connectivity index (χ1) is 8.18. The number of rotatable bonds is 6. The average molecular weight is 240 g/mol. The van der Waals surface area contributed by atoms with E-state index in [2.05, 4.69) is 15.5 Å². The lowest BCUT2D eigenvalue weighted by atomic mass is 9.69. The molecule has 0 saturated heterocycles. The Kier molecular flexibility index (Phi) is 3.37. The number of carboxylic acids is 1. The van der Waals surface area contributed by atoms with Crippen LogP contribution in [0.2, 0.25) is 0 Å². The summed E-state index contributed by atoms with van der Waals surface area (Å²) in [5.41, 5.74) is -0.684. The molecule has 17 heavy (non-hydrogen) atoms. The maximum atomic E-state index is 11.2. The Bertz CT molecular complexity index is 400. The fourth-order valence-corrected chi connectivity index (χ4v) is 1.97. The lowest BCUT2D eigenvalue weighted by molar-refractivity contribution is -0.156. The second-order valence-electron chi connectivity index (χ2n) is 4.33. The third-order valence-electron chi connectivity index (χ3n) is 3.26. The van der Waals surface area contributed by atoms with E-state index in [1.165, 1.54) is 0 Å². The fourth-order valence-electron chi connectivity index (χ4n) is 1.97. The van der Waals surface area contributed by atoms with Crippen molar-refractivity contribution in [1.82, 2.24) is 20.2 Å². The molecule has 7 heteroatoms. The maximum Gasteiger partial charge on any atom is 0.311 e. The number of tetrazole rings is 1. The molecule has 1 fully saturated rings. The highest BCUT2D eigenvalue weighted by Crippen LogP contribution is 2.42. The van der Waals surface area contributed by atoms with E-state index in [-0.39, 0.29) is 0 Å². The fraction of sp³-hybridized carbons (Fsp3) is 0.800. The molecule has 0 radical (unpaired) electrons. The molecule has 1 aromatic rings. The summed E-state index contributed by atoms with van der Waals surface area (Å²) in [6, 6.07) is 0. The largest absolute Gasteiger partial charge is 0.481 e. The monoisotopic (exact) mass is 240 g/mol. The van der Waals surface area contributed by atoms with Gasteiger partial charge < -0.3 is 9.84 Å². The number of hydrogen-bond acceptors (Lipinski definition) is 5. The van der Waals surface area contributed by atoms with Gasteiger partial charge in [0.05, 0.1) is 12.0 Å². The van der Waals surface area contributed by atoms with Crippen molar-refractivity contribution in [2.45, 2.75) is 39.3 Å². The maximum absolute atomic E-state index is 11.2. The minimum absolute atomic E-state index is 0.319. The molecule has 1 saturated carbocycles. The van der Waals surface area contributed by atoms with Crippen molar-refractivity contribution < 1.29 is 14.6 Å². The van der Waals surface area contributed by atoms with Crippen molar-refractivity contribution in [3.63, 3.8) is 0 Å². The standard InChI is InChI=1S/C10H16N4O3/c1-2-17-6-8-11-12-13-14(8)7-10(9(15)16)4-3-5-10/h2-7H2,1H3,(H,15,16). The summed E-state index contributed by atoms with van der Waals surface area (Å²) in [5.74, 6) is -0.180. The zero-order valence-electron chi connectivity index (χ0n) is 9.80. The normalized spacial score (nSPS) is 17.7. The van der Waals surface area contributed by atoms with Crippen LogP contribution in [-0.2, 0) is 22.7 Å². The van der Waals surface area contributed by atoms with Crippen molar-refractivity contribution in [3.8, 4) is 0 Å². The van der Waals surface area contributed by atoms with Crippen LogP contribution in [0.25, 0.3) is 0 Å². The number of ether oxygens (including phenoxy) is 1. The second-order valence-corrected chi connectivity index (χ2v) is 4.33. The molecule has 7 nitrogen and oxygen atoms in total. The van der Waals surface area contributed by atoms with Gasteiger partial charge in [0.25, 0.3) is 0 Å². The molecule has 0 unspecified atom stereocenters. The summed E-state index contributed by atoms with van der Waals surface area (Å²) in [4.78, 5) is 11.2. The second kappa shape index (κ2) is 4.79. The molecule has 1 N–H and O–H groups in total. The molecule has 94 valence electrons. The molecule has 2 rings (SSSR count). The van der Waals surface area contributed by atoms with E-state index < -0.39 is 11.4 Å². The molecule has 1 aromatic heterocycles. The van der Waals surface area contributed by atoms with Crippen molar-refractivity contribution in [2.75, 3.05) is 6.61 Å². The van der Waals surface area contributed by atoms with Crippen LogP contribution in [0.15, 0.2) is 0 Å². The highest BCUT2D eigenvalue weighted by atomic mass is 16.5. The molecule has 0 aromatic carbocycles. The van der Waals surface area contributed by atoms with Crippen LogP contribution in [0.4, 0.5) is 0 Å². The first-order valence-corrected chi connectivity index (χ1v) is 5.74. The Morgan fingerprint density at radius 2 is 2.35 bits per heavy atom. The Labute approximate surface area is 98.8 Å². The molecule has 0 atom stereocenters. The SMILES string of the molecule is CCOCc1nnnn1CC1(C(=O)O)CCC1. The number of hydrogen-bond donors (Lipinski definition) is 1. The molecule has 1 aliphatic rings. The zero-order valence-corrected chi connectivity index (χ0v) is 9.80.